The molecule has 2 atom stereocenters. The standard InChI is InChI=1S/C12H15BrO4S/c1-2-11(12(14)15)18(16)8-7-17-10-5-3-9(13)4-6-10/h3-6,11H,2,7-8H2,1H3,(H,14,15). The molecule has 1 N–H and O–H groups in total. The number of carbonyl (C=O) groups is 1. The van der Waals surface area contributed by atoms with Crippen LogP contribution in [0.25, 0.3) is 0 Å². The van der Waals surface area contributed by atoms with Crippen molar-refractivity contribution in [3.8, 4) is 5.75 Å². The molecular weight excluding hydrogens is 320 g/mol. The first-order chi connectivity index (χ1) is 8.54. The lowest BCUT2D eigenvalue weighted by Crippen LogP contribution is -2.28. The van der Waals surface area contributed by atoms with Crippen molar-refractivity contribution in [2.45, 2.75) is 18.6 Å². The van der Waals surface area contributed by atoms with Crippen LogP contribution in [0.15, 0.2) is 28.7 Å². The van der Waals surface area contributed by atoms with Gasteiger partial charge in [0.25, 0.3) is 0 Å². The summed E-state index contributed by atoms with van der Waals surface area (Å²) < 4.78 is 18.1. The van der Waals surface area contributed by atoms with Crippen molar-refractivity contribution in [3.05, 3.63) is 28.7 Å². The van der Waals surface area contributed by atoms with E-state index in [0.717, 1.165) is 4.47 Å². The molecule has 0 bridgehead atoms. The van der Waals surface area contributed by atoms with Gasteiger partial charge in [-0.05, 0) is 30.7 Å². The minimum Gasteiger partial charge on any atom is -0.493 e. The Labute approximate surface area is 117 Å². The molecule has 0 heterocycles. The SMILES string of the molecule is CCC(C(=O)O)S(=O)CCOc1ccc(Br)cc1. The first-order valence-corrected chi connectivity index (χ1v) is 7.70. The maximum Gasteiger partial charge on any atom is 0.319 e. The summed E-state index contributed by atoms with van der Waals surface area (Å²) in [5.74, 6) is -0.112. The van der Waals surface area contributed by atoms with Gasteiger partial charge in [-0.15, -0.1) is 0 Å². The van der Waals surface area contributed by atoms with Gasteiger partial charge in [-0.2, -0.15) is 0 Å². The molecule has 0 aliphatic heterocycles. The fraction of sp³-hybridized carbons (Fsp3) is 0.417. The largest absolute Gasteiger partial charge is 0.493 e. The van der Waals surface area contributed by atoms with E-state index in [4.69, 9.17) is 9.84 Å². The summed E-state index contributed by atoms with van der Waals surface area (Å²) in [5, 5.41) is 8.04. The van der Waals surface area contributed by atoms with Gasteiger partial charge in [-0.3, -0.25) is 9.00 Å². The molecule has 0 saturated carbocycles. The van der Waals surface area contributed by atoms with E-state index in [-0.39, 0.29) is 12.4 Å². The zero-order valence-electron chi connectivity index (χ0n) is 9.97. The van der Waals surface area contributed by atoms with Gasteiger partial charge in [0.2, 0.25) is 0 Å². The van der Waals surface area contributed by atoms with Gasteiger partial charge in [0.1, 0.15) is 11.0 Å². The molecule has 0 aliphatic carbocycles. The van der Waals surface area contributed by atoms with Gasteiger partial charge >= 0.3 is 5.97 Å². The molecule has 1 aromatic carbocycles. The lowest BCUT2D eigenvalue weighted by Gasteiger charge is -2.10. The highest BCUT2D eigenvalue weighted by molar-refractivity contribution is 9.10. The van der Waals surface area contributed by atoms with Crippen molar-refractivity contribution >= 4 is 32.7 Å². The Hall–Kier alpha value is -0.880. The molecule has 1 aromatic rings. The molecule has 4 nitrogen and oxygen atoms in total. The van der Waals surface area contributed by atoms with Crippen LogP contribution in [0.5, 0.6) is 5.75 Å². The van der Waals surface area contributed by atoms with Crippen molar-refractivity contribution in [1.82, 2.24) is 0 Å². The molecule has 100 valence electrons. The zero-order valence-corrected chi connectivity index (χ0v) is 12.4. The van der Waals surface area contributed by atoms with Crippen LogP contribution in [-0.4, -0.2) is 32.9 Å². The molecule has 18 heavy (non-hydrogen) atoms. The quantitative estimate of drug-likeness (QED) is 0.831. The zero-order chi connectivity index (χ0) is 13.5. The van der Waals surface area contributed by atoms with Crippen LogP contribution in [0.2, 0.25) is 0 Å². The number of ether oxygens (including phenoxy) is 1. The summed E-state index contributed by atoms with van der Waals surface area (Å²) >= 11 is 3.31. The average Bonchev–Trinajstić information content (AvgIpc) is 2.32. The van der Waals surface area contributed by atoms with Gasteiger partial charge in [0.15, 0.2) is 0 Å². The van der Waals surface area contributed by atoms with E-state index >= 15 is 0 Å². The number of rotatable bonds is 7. The minimum absolute atomic E-state index is 0.223. The molecule has 0 spiro atoms. The molecule has 0 aliphatic rings. The van der Waals surface area contributed by atoms with Gasteiger partial charge in [-0.1, -0.05) is 22.9 Å². The van der Waals surface area contributed by atoms with E-state index in [1.807, 2.05) is 12.1 Å². The Bertz CT molecular complexity index is 419. The molecule has 1 rings (SSSR count). The third kappa shape index (κ3) is 4.78. The summed E-state index contributed by atoms with van der Waals surface area (Å²) in [6, 6.07) is 7.28. The van der Waals surface area contributed by atoms with Crippen molar-refractivity contribution in [1.29, 1.82) is 0 Å². The third-order valence-electron chi connectivity index (χ3n) is 2.33. The number of carboxylic acid groups (broad SMARTS) is 1. The number of benzene rings is 1. The summed E-state index contributed by atoms with van der Waals surface area (Å²) in [6.07, 6.45) is 0.361. The first kappa shape index (κ1) is 15.2. The molecule has 0 saturated heterocycles. The number of aliphatic carboxylic acids is 1. The Kier molecular flexibility index (Phi) is 6.35. The van der Waals surface area contributed by atoms with Gasteiger partial charge in [0.05, 0.1) is 12.4 Å². The lowest BCUT2D eigenvalue weighted by molar-refractivity contribution is -0.136. The molecule has 2 unspecified atom stereocenters. The second-order valence-corrected chi connectivity index (χ2v) is 6.28. The summed E-state index contributed by atoms with van der Waals surface area (Å²) in [5.41, 5.74) is 0. The number of hydrogen-bond acceptors (Lipinski definition) is 3. The van der Waals surface area contributed by atoms with Crippen LogP contribution in [0.4, 0.5) is 0 Å². The van der Waals surface area contributed by atoms with E-state index < -0.39 is 22.0 Å². The average molecular weight is 335 g/mol. The lowest BCUT2D eigenvalue weighted by atomic mass is 10.3. The molecule has 0 aromatic heterocycles. The van der Waals surface area contributed by atoms with E-state index in [1.165, 1.54) is 0 Å². The van der Waals surface area contributed by atoms with Crippen LogP contribution in [0.1, 0.15) is 13.3 Å². The number of halogens is 1. The number of carboxylic acids is 1. The normalized spacial score (nSPS) is 13.9. The Morgan fingerprint density at radius 2 is 2.06 bits per heavy atom. The Morgan fingerprint density at radius 3 is 2.56 bits per heavy atom. The maximum absolute atomic E-state index is 11.7. The van der Waals surface area contributed by atoms with Crippen LogP contribution in [0, 0.1) is 0 Å². The highest BCUT2D eigenvalue weighted by Gasteiger charge is 2.22. The van der Waals surface area contributed by atoms with E-state index in [1.54, 1.807) is 19.1 Å². The molecule has 0 amide bonds. The Balaban J connectivity index is 2.39. The molecule has 0 radical (unpaired) electrons. The second-order valence-electron chi connectivity index (χ2n) is 3.62. The maximum atomic E-state index is 11.7. The van der Waals surface area contributed by atoms with Gasteiger partial charge in [-0.25, -0.2) is 0 Å². The van der Waals surface area contributed by atoms with Crippen LogP contribution in [-0.2, 0) is 15.6 Å². The van der Waals surface area contributed by atoms with E-state index in [9.17, 15) is 9.00 Å². The highest BCUT2D eigenvalue weighted by atomic mass is 79.9. The van der Waals surface area contributed by atoms with Gasteiger partial charge < -0.3 is 9.84 Å². The van der Waals surface area contributed by atoms with E-state index in [2.05, 4.69) is 15.9 Å². The molecule has 6 heteroatoms. The van der Waals surface area contributed by atoms with Crippen molar-refractivity contribution in [2.24, 2.45) is 0 Å². The number of hydrogen-bond donors (Lipinski definition) is 1. The predicted molar refractivity (Wildman–Crippen MR) is 74.4 cm³/mol. The summed E-state index contributed by atoms with van der Waals surface area (Å²) in [4.78, 5) is 10.8. The minimum atomic E-state index is -1.40. The van der Waals surface area contributed by atoms with Crippen molar-refractivity contribution in [3.63, 3.8) is 0 Å². The molecular formula is C12H15BrO4S. The van der Waals surface area contributed by atoms with Crippen molar-refractivity contribution < 1.29 is 18.8 Å². The fourth-order valence-electron chi connectivity index (χ4n) is 1.39. The smallest absolute Gasteiger partial charge is 0.319 e. The topological polar surface area (TPSA) is 63.6 Å². The fourth-order valence-corrected chi connectivity index (χ4v) is 2.78. The second kappa shape index (κ2) is 7.53. The monoisotopic (exact) mass is 334 g/mol. The van der Waals surface area contributed by atoms with E-state index in [0.29, 0.717) is 12.2 Å². The van der Waals surface area contributed by atoms with Crippen molar-refractivity contribution in [2.75, 3.05) is 12.4 Å². The highest BCUT2D eigenvalue weighted by Crippen LogP contribution is 2.16. The predicted octanol–water partition coefficient (Wildman–Crippen LogP) is 2.44. The van der Waals surface area contributed by atoms with Gasteiger partial charge in [0, 0.05) is 15.3 Å². The van der Waals surface area contributed by atoms with Crippen LogP contribution >= 0.6 is 15.9 Å². The van der Waals surface area contributed by atoms with Crippen LogP contribution < -0.4 is 4.74 Å². The Morgan fingerprint density at radius 1 is 1.44 bits per heavy atom. The summed E-state index contributed by atoms with van der Waals surface area (Å²) in [6.45, 7) is 1.96. The first-order valence-electron chi connectivity index (χ1n) is 5.53. The summed E-state index contributed by atoms with van der Waals surface area (Å²) in [7, 11) is -1.40. The third-order valence-corrected chi connectivity index (χ3v) is 4.60. The van der Waals surface area contributed by atoms with Crippen LogP contribution in [0.3, 0.4) is 0 Å². The molecule has 0 fully saturated rings.